The van der Waals surface area contributed by atoms with Gasteiger partial charge >= 0.3 is 17.6 Å². The van der Waals surface area contributed by atoms with Crippen molar-refractivity contribution in [2.45, 2.75) is 0 Å². The maximum absolute atomic E-state index is 11.1. The van der Waals surface area contributed by atoms with Crippen LogP contribution in [0.4, 0.5) is 0 Å². The van der Waals surface area contributed by atoms with E-state index in [0.29, 0.717) is 0 Å². The molecule has 0 atom stereocenters. The van der Waals surface area contributed by atoms with Gasteiger partial charge in [-0.05, 0) is 12.1 Å². The monoisotopic (exact) mass is 430 g/mol. The highest BCUT2D eigenvalue weighted by Crippen LogP contribution is 2.26. The lowest BCUT2D eigenvalue weighted by Gasteiger charge is -2.30. The SMILES string of the molecule is O[Si](O)(O)O[Si](O)(c1cccc(Cl)c1Cl)c1cccc(Cl)c1Cl. The average Bonchev–Trinajstić information content (AvgIpc) is 2.42. The van der Waals surface area contributed by atoms with Crippen molar-refractivity contribution in [2.75, 3.05) is 0 Å². The lowest BCUT2D eigenvalue weighted by atomic mass is 10.3. The molecule has 0 aliphatic rings. The third-order valence-electron chi connectivity index (χ3n) is 2.92. The maximum Gasteiger partial charge on any atom is 0.662 e. The van der Waals surface area contributed by atoms with Gasteiger partial charge in [-0.1, -0.05) is 70.7 Å². The molecule has 2 aromatic rings. The highest BCUT2D eigenvalue weighted by Gasteiger charge is 2.51. The number of hydrogen-bond acceptors (Lipinski definition) is 5. The molecule has 0 radical (unpaired) electrons. The van der Waals surface area contributed by atoms with Gasteiger partial charge < -0.3 is 23.3 Å². The molecule has 0 saturated carbocycles. The predicted molar refractivity (Wildman–Crippen MR) is 93.7 cm³/mol. The Balaban J connectivity index is 2.76. The van der Waals surface area contributed by atoms with Crippen molar-refractivity contribution in [3.8, 4) is 0 Å². The normalized spacial score (nSPS) is 12.5. The van der Waals surface area contributed by atoms with Gasteiger partial charge in [0.05, 0.1) is 20.1 Å². The van der Waals surface area contributed by atoms with Crippen molar-refractivity contribution in [3.63, 3.8) is 0 Å². The van der Waals surface area contributed by atoms with Crippen LogP contribution in [0.5, 0.6) is 0 Å². The first-order valence-corrected chi connectivity index (χ1v) is 11.2. The van der Waals surface area contributed by atoms with Crippen LogP contribution >= 0.6 is 46.4 Å². The summed E-state index contributed by atoms with van der Waals surface area (Å²) in [6.07, 6.45) is 0. The van der Waals surface area contributed by atoms with Gasteiger partial charge in [0.1, 0.15) is 0 Å². The van der Waals surface area contributed by atoms with Gasteiger partial charge in [0, 0.05) is 10.4 Å². The Bertz CT molecular complexity index is 686. The Labute approximate surface area is 153 Å². The molecule has 124 valence electrons. The highest BCUT2D eigenvalue weighted by atomic mass is 35.5. The fourth-order valence-electron chi connectivity index (χ4n) is 1.98. The van der Waals surface area contributed by atoms with Gasteiger partial charge in [0.15, 0.2) is 0 Å². The topological polar surface area (TPSA) is 90.2 Å². The summed E-state index contributed by atoms with van der Waals surface area (Å²) in [6.45, 7) is 0. The zero-order valence-corrected chi connectivity index (χ0v) is 16.2. The van der Waals surface area contributed by atoms with E-state index in [-0.39, 0.29) is 30.5 Å². The third-order valence-corrected chi connectivity index (χ3v) is 9.44. The second-order valence-corrected chi connectivity index (χ2v) is 10.4. The molecule has 0 amide bonds. The molecular weight excluding hydrogens is 422 g/mol. The number of hydrogen-bond donors (Lipinski definition) is 4. The summed E-state index contributed by atoms with van der Waals surface area (Å²) in [4.78, 5) is 39.1. The molecular formula is C12H10Cl4O5Si2. The van der Waals surface area contributed by atoms with Gasteiger partial charge in [-0.15, -0.1) is 0 Å². The summed E-state index contributed by atoms with van der Waals surface area (Å²) in [7, 11) is -9.54. The second-order valence-electron chi connectivity index (χ2n) is 4.52. The van der Waals surface area contributed by atoms with Crippen LogP contribution in [0.1, 0.15) is 0 Å². The smallest absolute Gasteiger partial charge is 0.404 e. The molecule has 0 bridgehead atoms. The summed E-state index contributed by atoms with van der Waals surface area (Å²) in [6, 6.07) is 8.69. The highest BCUT2D eigenvalue weighted by molar-refractivity contribution is 6.97. The Kier molecular flexibility index (Phi) is 5.82. The molecule has 2 rings (SSSR count). The Morgan fingerprint density at radius 1 is 0.696 bits per heavy atom. The van der Waals surface area contributed by atoms with E-state index in [1.54, 1.807) is 0 Å². The Morgan fingerprint density at radius 2 is 1.09 bits per heavy atom. The van der Waals surface area contributed by atoms with E-state index in [2.05, 4.69) is 0 Å². The molecule has 0 unspecified atom stereocenters. The molecule has 0 saturated heterocycles. The molecule has 5 nitrogen and oxygen atoms in total. The Hall–Kier alpha value is -0.166. The van der Waals surface area contributed by atoms with Crippen molar-refractivity contribution in [1.82, 2.24) is 0 Å². The second kappa shape index (κ2) is 6.99. The van der Waals surface area contributed by atoms with Crippen LogP contribution in [0, 0.1) is 0 Å². The summed E-state index contributed by atoms with van der Waals surface area (Å²) in [5, 5.41) is 0.0841. The number of benzene rings is 2. The molecule has 0 heterocycles. The van der Waals surface area contributed by atoms with Gasteiger partial charge in [0.2, 0.25) is 0 Å². The van der Waals surface area contributed by atoms with Gasteiger partial charge in [-0.25, -0.2) is 0 Å². The van der Waals surface area contributed by atoms with E-state index in [1.165, 1.54) is 36.4 Å². The molecule has 11 heteroatoms. The molecule has 0 aromatic heterocycles. The molecule has 0 aliphatic heterocycles. The van der Waals surface area contributed by atoms with Crippen LogP contribution in [0.2, 0.25) is 20.1 Å². The number of halogens is 4. The summed E-state index contributed by atoms with van der Waals surface area (Å²) >= 11 is 24.1. The minimum Gasteiger partial charge on any atom is -0.404 e. The fraction of sp³-hybridized carbons (Fsp3) is 0. The van der Waals surface area contributed by atoms with E-state index < -0.39 is 17.6 Å². The first-order valence-electron chi connectivity index (χ1n) is 6.05. The van der Waals surface area contributed by atoms with Crippen molar-refractivity contribution in [3.05, 3.63) is 56.5 Å². The summed E-state index contributed by atoms with van der Waals surface area (Å²) < 4.78 is 4.88. The molecule has 0 fully saturated rings. The standard InChI is InChI=1S/C12H10Cl4O5Si2/c13-7-3-1-5-9(11(7)15)22(17,21-23(18,19)20)10-6-2-4-8(14)12(10)16/h1-6,17-20H. The largest absolute Gasteiger partial charge is 0.662 e. The zero-order valence-electron chi connectivity index (χ0n) is 11.2. The minimum absolute atomic E-state index is 0.00939. The first kappa shape index (κ1) is 19.2. The Morgan fingerprint density at radius 3 is 1.43 bits per heavy atom. The van der Waals surface area contributed by atoms with Crippen LogP contribution in [0.25, 0.3) is 0 Å². The van der Waals surface area contributed by atoms with Crippen LogP contribution < -0.4 is 10.4 Å². The van der Waals surface area contributed by atoms with Crippen molar-refractivity contribution >= 4 is 74.4 Å². The van der Waals surface area contributed by atoms with Gasteiger partial charge in [0.25, 0.3) is 0 Å². The van der Waals surface area contributed by atoms with Gasteiger partial charge in [-0.3, -0.25) is 0 Å². The van der Waals surface area contributed by atoms with Crippen molar-refractivity contribution in [1.29, 1.82) is 0 Å². The maximum atomic E-state index is 11.1. The zero-order chi connectivity index (χ0) is 17.4. The van der Waals surface area contributed by atoms with Crippen LogP contribution in [-0.2, 0) is 4.12 Å². The number of rotatable bonds is 4. The molecule has 0 spiro atoms. The van der Waals surface area contributed by atoms with E-state index in [0.717, 1.165) is 0 Å². The van der Waals surface area contributed by atoms with Crippen molar-refractivity contribution < 1.29 is 23.3 Å². The van der Waals surface area contributed by atoms with E-state index >= 15 is 0 Å². The minimum atomic E-state index is -5.13. The average molecular weight is 432 g/mol. The summed E-state index contributed by atoms with van der Waals surface area (Å²) in [5.41, 5.74) is 0. The van der Waals surface area contributed by atoms with Crippen LogP contribution in [0.15, 0.2) is 36.4 Å². The van der Waals surface area contributed by atoms with Crippen LogP contribution in [-0.4, -0.2) is 36.8 Å². The predicted octanol–water partition coefficient (Wildman–Crippen LogP) is 1.28. The quantitative estimate of drug-likeness (QED) is 0.547. The first-order chi connectivity index (χ1) is 10.6. The van der Waals surface area contributed by atoms with E-state index in [4.69, 9.17) is 50.5 Å². The van der Waals surface area contributed by atoms with E-state index in [1.807, 2.05) is 0 Å². The molecule has 4 N–H and O–H groups in total. The third kappa shape index (κ3) is 4.09. The van der Waals surface area contributed by atoms with Crippen molar-refractivity contribution in [2.24, 2.45) is 0 Å². The summed E-state index contributed by atoms with van der Waals surface area (Å²) in [5.74, 6) is 0. The fourth-order valence-corrected chi connectivity index (χ4v) is 7.78. The molecule has 0 aliphatic carbocycles. The lowest BCUT2D eigenvalue weighted by Crippen LogP contribution is -2.67. The molecule has 23 heavy (non-hydrogen) atoms. The van der Waals surface area contributed by atoms with Crippen LogP contribution in [0.3, 0.4) is 0 Å². The van der Waals surface area contributed by atoms with Gasteiger partial charge in [-0.2, -0.15) is 0 Å². The van der Waals surface area contributed by atoms with E-state index in [9.17, 15) is 19.2 Å². The lowest BCUT2D eigenvalue weighted by molar-refractivity contribution is 0.115. The molecule has 2 aromatic carbocycles.